The van der Waals surface area contributed by atoms with Gasteiger partial charge >= 0.3 is 0 Å². The quantitative estimate of drug-likeness (QED) is 0.623. The third kappa shape index (κ3) is 6.24. The molecule has 1 atom stereocenters. The van der Waals surface area contributed by atoms with Crippen LogP contribution in [0.3, 0.4) is 0 Å². The maximum Gasteiger partial charge on any atom is 0.123 e. The fourth-order valence-corrected chi connectivity index (χ4v) is 3.16. The Hall–Kier alpha value is -0.330. The van der Waals surface area contributed by atoms with Crippen LogP contribution < -0.4 is 0 Å². The van der Waals surface area contributed by atoms with Crippen molar-refractivity contribution in [3.05, 3.63) is 0 Å². The van der Waals surface area contributed by atoms with Gasteiger partial charge in [-0.15, -0.1) is 0 Å². The molecule has 0 N–H and O–H groups in total. The van der Waals surface area contributed by atoms with E-state index in [9.17, 15) is 4.79 Å². The lowest BCUT2D eigenvalue weighted by molar-refractivity contribution is -0.112. The third-order valence-electron chi connectivity index (χ3n) is 4.40. The Morgan fingerprint density at radius 2 is 1.29 bits per heavy atom. The zero-order chi connectivity index (χ0) is 12.3. The fraction of sp³-hybridized carbons (Fsp3) is 0.938. The van der Waals surface area contributed by atoms with Crippen molar-refractivity contribution < 1.29 is 4.79 Å². The molecule has 0 heterocycles. The first kappa shape index (κ1) is 14.7. The Balaban J connectivity index is 2.39. The minimum atomic E-state index is 0.331. The monoisotopic (exact) mass is 238 g/mol. The van der Waals surface area contributed by atoms with Gasteiger partial charge in [0.05, 0.1) is 0 Å². The van der Waals surface area contributed by atoms with Crippen LogP contribution in [0.25, 0.3) is 0 Å². The second kappa shape index (κ2) is 9.67. The van der Waals surface area contributed by atoms with E-state index >= 15 is 0 Å². The Kier molecular flexibility index (Phi) is 8.38. The first-order chi connectivity index (χ1) is 8.38. The molecule has 0 aromatic rings. The highest BCUT2D eigenvalue weighted by molar-refractivity contribution is 5.53. The van der Waals surface area contributed by atoms with Crippen molar-refractivity contribution >= 4 is 6.29 Å². The molecular weight excluding hydrogens is 208 g/mol. The second-order valence-corrected chi connectivity index (χ2v) is 5.73. The van der Waals surface area contributed by atoms with Crippen molar-refractivity contribution in [3.8, 4) is 0 Å². The molecule has 1 fully saturated rings. The zero-order valence-corrected chi connectivity index (χ0v) is 11.6. The van der Waals surface area contributed by atoms with E-state index in [0.717, 1.165) is 6.42 Å². The molecule has 1 nitrogen and oxygen atoms in total. The first-order valence-electron chi connectivity index (χ1n) is 7.83. The van der Waals surface area contributed by atoms with Crippen LogP contribution in [0, 0.1) is 11.8 Å². The Labute approximate surface area is 107 Å². The summed E-state index contributed by atoms with van der Waals surface area (Å²) in [6.45, 7) is 2.16. The highest BCUT2D eigenvalue weighted by atomic mass is 16.1. The summed E-state index contributed by atoms with van der Waals surface area (Å²) in [6.07, 6.45) is 17.4. The average Bonchev–Trinajstić information content (AvgIpc) is 2.33. The lowest BCUT2D eigenvalue weighted by Gasteiger charge is -2.22. The molecule has 100 valence electrons. The summed E-state index contributed by atoms with van der Waals surface area (Å²) in [6, 6.07) is 0. The van der Waals surface area contributed by atoms with E-state index in [2.05, 4.69) is 6.92 Å². The van der Waals surface area contributed by atoms with Gasteiger partial charge in [0, 0.05) is 5.92 Å². The predicted octanol–water partition coefficient (Wildman–Crippen LogP) is 5.13. The van der Waals surface area contributed by atoms with E-state index in [-0.39, 0.29) is 0 Å². The van der Waals surface area contributed by atoms with Gasteiger partial charge in [-0.25, -0.2) is 0 Å². The smallest absolute Gasteiger partial charge is 0.123 e. The van der Waals surface area contributed by atoms with Gasteiger partial charge in [-0.1, -0.05) is 64.7 Å². The lowest BCUT2D eigenvalue weighted by Crippen LogP contribution is -2.16. The zero-order valence-electron chi connectivity index (χ0n) is 11.6. The highest BCUT2D eigenvalue weighted by Crippen LogP contribution is 2.27. The van der Waals surface area contributed by atoms with Gasteiger partial charge in [0.1, 0.15) is 6.29 Å². The Morgan fingerprint density at radius 1 is 0.882 bits per heavy atom. The number of carbonyl (C=O) groups is 1. The van der Waals surface area contributed by atoms with Crippen LogP contribution in [0.5, 0.6) is 0 Å². The van der Waals surface area contributed by atoms with Crippen LogP contribution in [0.1, 0.15) is 84.0 Å². The average molecular weight is 238 g/mol. The van der Waals surface area contributed by atoms with Crippen LogP contribution in [0.2, 0.25) is 0 Å². The molecule has 0 radical (unpaired) electrons. The van der Waals surface area contributed by atoms with E-state index in [1.54, 1.807) is 0 Å². The SMILES string of the molecule is CCC(C=O)C1CCCCCCCCCCC1. The third-order valence-corrected chi connectivity index (χ3v) is 4.40. The topological polar surface area (TPSA) is 17.1 Å². The van der Waals surface area contributed by atoms with Crippen LogP contribution >= 0.6 is 0 Å². The van der Waals surface area contributed by atoms with Crippen molar-refractivity contribution in [1.29, 1.82) is 0 Å². The van der Waals surface area contributed by atoms with Crippen molar-refractivity contribution in [2.24, 2.45) is 11.8 Å². The number of hydrogen-bond donors (Lipinski definition) is 0. The summed E-state index contributed by atoms with van der Waals surface area (Å²) in [5.41, 5.74) is 0. The van der Waals surface area contributed by atoms with Crippen LogP contribution in [-0.2, 0) is 4.79 Å². The molecule has 1 saturated carbocycles. The molecule has 0 aliphatic heterocycles. The number of rotatable bonds is 3. The summed E-state index contributed by atoms with van der Waals surface area (Å²) in [4.78, 5) is 11.1. The summed E-state index contributed by atoms with van der Waals surface area (Å²) < 4.78 is 0. The van der Waals surface area contributed by atoms with Crippen molar-refractivity contribution in [2.45, 2.75) is 84.0 Å². The summed E-state index contributed by atoms with van der Waals surface area (Å²) in [7, 11) is 0. The van der Waals surface area contributed by atoms with Crippen molar-refractivity contribution in [1.82, 2.24) is 0 Å². The molecule has 0 amide bonds. The van der Waals surface area contributed by atoms with E-state index in [1.807, 2.05) is 0 Å². The molecule has 1 aliphatic rings. The van der Waals surface area contributed by atoms with E-state index in [4.69, 9.17) is 0 Å². The van der Waals surface area contributed by atoms with Gasteiger partial charge in [0.15, 0.2) is 0 Å². The number of hydrogen-bond acceptors (Lipinski definition) is 1. The maximum atomic E-state index is 11.1. The summed E-state index contributed by atoms with van der Waals surface area (Å²) in [5, 5.41) is 0. The Morgan fingerprint density at radius 3 is 1.65 bits per heavy atom. The Bertz CT molecular complexity index is 176. The van der Waals surface area contributed by atoms with Crippen molar-refractivity contribution in [2.75, 3.05) is 0 Å². The number of carbonyl (C=O) groups excluding carboxylic acids is 1. The fourth-order valence-electron chi connectivity index (χ4n) is 3.16. The summed E-state index contributed by atoms with van der Waals surface area (Å²) in [5.74, 6) is 1.01. The van der Waals surface area contributed by atoms with Gasteiger partial charge in [-0.2, -0.15) is 0 Å². The largest absolute Gasteiger partial charge is 0.303 e. The van der Waals surface area contributed by atoms with Crippen LogP contribution in [-0.4, -0.2) is 6.29 Å². The molecule has 0 aromatic heterocycles. The lowest BCUT2D eigenvalue weighted by atomic mass is 9.82. The molecule has 1 unspecified atom stereocenters. The second-order valence-electron chi connectivity index (χ2n) is 5.73. The van der Waals surface area contributed by atoms with Gasteiger partial charge < -0.3 is 4.79 Å². The van der Waals surface area contributed by atoms with Crippen LogP contribution in [0.4, 0.5) is 0 Å². The van der Waals surface area contributed by atoms with Gasteiger partial charge in [-0.3, -0.25) is 0 Å². The maximum absolute atomic E-state index is 11.1. The summed E-state index contributed by atoms with van der Waals surface area (Å²) >= 11 is 0. The van der Waals surface area contributed by atoms with Gasteiger partial charge in [0.25, 0.3) is 0 Å². The van der Waals surface area contributed by atoms with Gasteiger partial charge in [0.2, 0.25) is 0 Å². The normalized spacial score (nSPS) is 23.4. The minimum absolute atomic E-state index is 0.331. The van der Waals surface area contributed by atoms with E-state index in [0.29, 0.717) is 11.8 Å². The van der Waals surface area contributed by atoms with E-state index < -0.39 is 0 Å². The predicted molar refractivity (Wildman–Crippen MR) is 74.1 cm³/mol. The molecule has 1 heteroatoms. The molecular formula is C16H30O. The molecule has 1 aliphatic carbocycles. The van der Waals surface area contributed by atoms with Crippen LogP contribution in [0.15, 0.2) is 0 Å². The standard InChI is InChI=1S/C16H30O/c1-2-15(14-17)16-12-10-8-6-4-3-5-7-9-11-13-16/h14-16H,2-13H2,1H3. The molecule has 0 saturated heterocycles. The molecule has 17 heavy (non-hydrogen) atoms. The number of aldehydes is 1. The van der Waals surface area contributed by atoms with Gasteiger partial charge in [-0.05, 0) is 25.2 Å². The molecule has 0 bridgehead atoms. The first-order valence-corrected chi connectivity index (χ1v) is 7.83. The molecule has 0 aromatic carbocycles. The van der Waals surface area contributed by atoms with Crippen molar-refractivity contribution in [3.63, 3.8) is 0 Å². The molecule has 1 rings (SSSR count). The minimum Gasteiger partial charge on any atom is -0.303 e. The van der Waals surface area contributed by atoms with E-state index in [1.165, 1.54) is 76.9 Å². The highest BCUT2D eigenvalue weighted by Gasteiger charge is 2.18. The molecule has 0 spiro atoms.